The summed E-state index contributed by atoms with van der Waals surface area (Å²) in [5.41, 5.74) is 2.20. The first-order chi connectivity index (χ1) is 7.61. The predicted molar refractivity (Wildman–Crippen MR) is 67.0 cm³/mol. The molecule has 2 rings (SSSR count). The Balaban J connectivity index is 2.41. The van der Waals surface area contributed by atoms with Crippen molar-refractivity contribution in [3.05, 3.63) is 32.3 Å². The van der Waals surface area contributed by atoms with Crippen LogP contribution in [0.5, 0.6) is 0 Å². The van der Waals surface area contributed by atoms with Gasteiger partial charge in [0.2, 0.25) is 0 Å². The molecular weight excluding hydrogens is 272 g/mol. The molecule has 4 nitrogen and oxygen atoms in total. The molecule has 0 unspecified atom stereocenters. The molecule has 1 heterocycles. The van der Waals surface area contributed by atoms with Crippen LogP contribution >= 0.6 is 15.9 Å². The van der Waals surface area contributed by atoms with Gasteiger partial charge in [0, 0.05) is 24.8 Å². The molecule has 1 aliphatic rings. The fourth-order valence-corrected chi connectivity index (χ4v) is 2.58. The smallest absolute Gasteiger partial charge is 0.283 e. The fraction of sp³-hybridized carbons (Fsp3) is 0.455. The first-order valence-corrected chi connectivity index (χ1v) is 6.09. The summed E-state index contributed by atoms with van der Waals surface area (Å²) in [6.45, 7) is 4.01. The molecule has 0 saturated carbocycles. The minimum absolute atomic E-state index is 0.139. The average molecular weight is 285 g/mol. The molecular formula is C11H13BrN2O2. The van der Waals surface area contributed by atoms with Crippen molar-refractivity contribution in [3.8, 4) is 0 Å². The highest BCUT2D eigenvalue weighted by Gasteiger charge is 2.20. The number of hydrogen-bond donors (Lipinski definition) is 0. The lowest BCUT2D eigenvalue weighted by atomic mass is 10.1. The SMILES string of the molecule is Cc1c(N2CCCC2)ccc([N+](=O)[O-])c1Br. The Morgan fingerprint density at radius 3 is 2.56 bits per heavy atom. The Labute approximate surface area is 103 Å². The quantitative estimate of drug-likeness (QED) is 0.619. The van der Waals surface area contributed by atoms with Crippen LogP contribution in [0.2, 0.25) is 0 Å². The number of nitrogens with zero attached hydrogens (tertiary/aromatic N) is 2. The molecule has 1 fully saturated rings. The summed E-state index contributed by atoms with van der Waals surface area (Å²) < 4.78 is 0.599. The van der Waals surface area contributed by atoms with Crippen molar-refractivity contribution in [2.75, 3.05) is 18.0 Å². The lowest BCUT2D eigenvalue weighted by molar-refractivity contribution is -0.385. The highest BCUT2D eigenvalue weighted by molar-refractivity contribution is 9.10. The minimum atomic E-state index is -0.356. The first-order valence-electron chi connectivity index (χ1n) is 5.29. The molecule has 0 radical (unpaired) electrons. The molecule has 86 valence electrons. The Hall–Kier alpha value is -1.10. The number of nitro groups is 1. The number of halogens is 1. The van der Waals surface area contributed by atoms with Gasteiger partial charge >= 0.3 is 0 Å². The number of benzene rings is 1. The highest BCUT2D eigenvalue weighted by Crippen LogP contribution is 2.35. The van der Waals surface area contributed by atoms with Crippen LogP contribution in [0.25, 0.3) is 0 Å². The molecule has 16 heavy (non-hydrogen) atoms. The van der Waals surface area contributed by atoms with Gasteiger partial charge in [-0.25, -0.2) is 0 Å². The zero-order valence-corrected chi connectivity index (χ0v) is 10.7. The van der Waals surface area contributed by atoms with Gasteiger partial charge in [0.05, 0.1) is 4.92 Å². The van der Waals surface area contributed by atoms with E-state index in [2.05, 4.69) is 20.8 Å². The normalized spacial score (nSPS) is 15.5. The van der Waals surface area contributed by atoms with E-state index in [9.17, 15) is 10.1 Å². The minimum Gasteiger partial charge on any atom is -0.371 e. The third kappa shape index (κ3) is 1.91. The van der Waals surface area contributed by atoms with Crippen LogP contribution < -0.4 is 4.90 Å². The van der Waals surface area contributed by atoms with Gasteiger partial charge in [-0.15, -0.1) is 0 Å². The van der Waals surface area contributed by atoms with Crippen LogP contribution in [0.3, 0.4) is 0 Å². The van der Waals surface area contributed by atoms with Gasteiger partial charge in [0.1, 0.15) is 4.47 Å². The molecule has 1 aliphatic heterocycles. The summed E-state index contributed by atoms with van der Waals surface area (Å²) in [7, 11) is 0. The van der Waals surface area contributed by atoms with Crippen LogP contribution in [0.4, 0.5) is 11.4 Å². The Kier molecular flexibility index (Phi) is 3.14. The van der Waals surface area contributed by atoms with Crippen LogP contribution in [0.15, 0.2) is 16.6 Å². The van der Waals surface area contributed by atoms with Crippen molar-refractivity contribution in [2.45, 2.75) is 19.8 Å². The largest absolute Gasteiger partial charge is 0.371 e. The standard InChI is InChI=1S/C11H13BrN2O2/c1-8-9(13-6-2-3-7-13)4-5-10(11(8)12)14(15)16/h4-5H,2-3,6-7H2,1H3. The lowest BCUT2D eigenvalue weighted by Crippen LogP contribution is -2.18. The van der Waals surface area contributed by atoms with Crippen molar-refractivity contribution >= 4 is 27.3 Å². The van der Waals surface area contributed by atoms with E-state index >= 15 is 0 Å². The molecule has 0 atom stereocenters. The zero-order chi connectivity index (χ0) is 11.7. The van der Waals surface area contributed by atoms with E-state index in [-0.39, 0.29) is 10.6 Å². The molecule has 0 aliphatic carbocycles. The second-order valence-electron chi connectivity index (χ2n) is 3.99. The van der Waals surface area contributed by atoms with E-state index in [0.717, 1.165) is 24.3 Å². The van der Waals surface area contributed by atoms with E-state index in [0.29, 0.717) is 4.47 Å². The molecule has 0 aromatic heterocycles. The van der Waals surface area contributed by atoms with Crippen LogP contribution in [0, 0.1) is 17.0 Å². The summed E-state index contributed by atoms with van der Waals surface area (Å²) >= 11 is 3.31. The van der Waals surface area contributed by atoms with Crippen molar-refractivity contribution in [2.24, 2.45) is 0 Å². The second kappa shape index (κ2) is 4.41. The molecule has 1 aromatic rings. The Morgan fingerprint density at radius 1 is 1.38 bits per heavy atom. The average Bonchev–Trinajstić information content (AvgIpc) is 2.74. The predicted octanol–water partition coefficient (Wildman–Crippen LogP) is 3.27. The maximum atomic E-state index is 10.8. The van der Waals surface area contributed by atoms with Crippen molar-refractivity contribution in [3.63, 3.8) is 0 Å². The number of hydrogen-bond acceptors (Lipinski definition) is 3. The van der Waals surface area contributed by atoms with Gasteiger partial charge in [-0.2, -0.15) is 0 Å². The van der Waals surface area contributed by atoms with E-state index in [4.69, 9.17) is 0 Å². The Bertz CT molecular complexity index is 428. The van der Waals surface area contributed by atoms with Gasteiger partial charge < -0.3 is 4.90 Å². The third-order valence-electron chi connectivity index (χ3n) is 2.98. The second-order valence-corrected chi connectivity index (χ2v) is 4.79. The molecule has 0 N–H and O–H groups in total. The maximum absolute atomic E-state index is 10.8. The monoisotopic (exact) mass is 284 g/mol. The van der Waals surface area contributed by atoms with E-state index in [1.807, 2.05) is 13.0 Å². The third-order valence-corrected chi connectivity index (χ3v) is 3.98. The fourth-order valence-electron chi connectivity index (χ4n) is 2.10. The molecule has 1 saturated heterocycles. The van der Waals surface area contributed by atoms with Gasteiger partial charge in [0.25, 0.3) is 5.69 Å². The first kappa shape index (κ1) is 11.4. The zero-order valence-electron chi connectivity index (χ0n) is 9.07. The Morgan fingerprint density at radius 2 is 2.00 bits per heavy atom. The molecule has 0 amide bonds. The number of anilines is 1. The van der Waals surface area contributed by atoms with Crippen molar-refractivity contribution in [1.82, 2.24) is 0 Å². The van der Waals surface area contributed by atoms with Crippen molar-refractivity contribution in [1.29, 1.82) is 0 Å². The summed E-state index contributed by atoms with van der Waals surface area (Å²) in [6, 6.07) is 3.42. The summed E-state index contributed by atoms with van der Waals surface area (Å²) in [5, 5.41) is 10.8. The number of nitro benzene ring substituents is 1. The van der Waals surface area contributed by atoms with E-state index < -0.39 is 0 Å². The topological polar surface area (TPSA) is 46.4 Å². The molecule has 5 heteroatoms. The summed E-state index contributed by atoms with van der Waals surface area (Å²) in [6.07, 6.45) is 2.40. The van der Waals surface area contributed by atoms with E-state index in [1.165, 1.54) is 12.8 Å². The van der Waals surface area contributed by atoms with Gasteiger partial charge in [-0.05, 0) is 47.3 Å². The highest BCUT2D eigenvalue weighted by atomic mass is 79.9. The van der Waals surface area contributed by atoms with Crippen LogP contribution in [-0.4, -0.2) is 18.0 Å². The molecule has 1 aromatic carbocycles. The van der Waals surface area contributed by atoms with Gasteiger partial charge in [-0.1, -0.05) is 0 Å². The maximum Gasteiger partial charge on any atom is 0.283 e. The summed E-state index contributed by atoms with van der Waals surface area (Å²) in [4.78, 5) is 12.7. The molecule has 0 spiro atoms. The molecule has 0 bridgehead atoms. The van der Waals surface area contributed by atoms with Gasteiger partial charge in [-0.3, -0.25) is 10.1 Å². The van der Waals surface area contributed by atoms with Crippen LogP contribution in [-0.2, 0) is 0 Å². The van der Waals surface area contributed by atoms with E-state index in [1.54, 1.807) is 6.07 Å². The van der Waals surface area contributed by atoms with Gasteiger partial charge in [0.15, 0.2) is 0 Å². The summed E-state index contributed by atoms with van der Waals surface area (Å²) in [5.74, 6) is 0. The number of rotatable bonds is 2. The lowest BCUT2D eigenvalue weighted by Gasteiger charge is -2.20. The van der Waals surface area contributed by atoms with Crippen molar-refractivity contribution < 1.29 is 4.92 Å². The van der Waals surface area contributed by atoms with Crippen LogP contribution in [0.1, 0.15) is 18.4 Å².